The fourth-order valence-corrected chi connectivity index (χ4v) is 1.98. The number of nitrogens with one attached hydrogen (secondary N) is 1. The van der Waals surface area contributed by atoms with Gasteiger partial charge in [-0.05, 0) is 19.4 Å². The van der Waals surface area contributed by atoms with Crippen LogP contribution in [0, 0.1) is 6.92 Å². The van der Waals surface area contributed by atoms with Crippen LogP contribution in [0.5, 0.6) is 0 Å². The van der Waals surface area contributed by atoms with Crippen LogP contribution < -0.4 is 16.6 Å². The number of rotatable bonds is 8. The van der Waals surface area contributed by atoms with E-state index in [1.54, 1.807) is 19.1 Å². The fourth-order valence-electron chi connectivity index (χ4n) is 1.98. The lowest BCUT2D eigenvalue weighted by molar-refractivity contribution is -0.143. The first-order chi connectivity index (χ1) is 10.3. The molecule has 22 heavy (non-hydrogen) atoms. The summed E-state index contributed by atoms with van der Waals surface area (Å²) in [5.74, 6) is -2.63. The first kappa shape index (κ1) is 17.4. The zero-order chi connectivity index (χ0) is 16.7. The lowest BCUT2D eigenvalue weighted by Gasteiger charge is -2.13. The molecule has 0 aliphatic heterocycles. The maximum atomic E-state index is 11.7. The van der Waals surface area contributed by atoms with Crippen molar-refractivity contribution in [3.05, 3.63) is 34.2 Å². The van der Waals surface area contributed by atoms with E-state index in [4.69, 9.17) is 10.8 Å². The normalized spacial score (nSPS) is 11.7. The number of amides is 2. The molecule has 0 radical (unpaired) electrons. The van der Waals surface area contributed by atoms with Gasteiger partial charge in [0.2, 0.25) is 11.8 Å². The van der Waals surface area contributed by atoms with Crippen LogP contribution in [0.4, 0.5) is 0 Å². The Kier molecular flexibility index (Phi) is 6.30. The molecule has 0 aliphatic rings. The zero-order valence-electron chi connectivity index (χ0n) is 12.2. The van der Waals surface area contributed by atoms with E-state index in [-0.39, 0.29) is 12.0 Å². The van der Waals surface area contributed by atoms with Crippen LogP contribution in [0.1, 0.15) is 25.0 Å². The Balaban J connectivity index is 2.51. The molecule has 1 rings (SSSR count). The molecule has 1 atom stereocenters. The number of nitrogens with zero attached hydrogens (tertiary/aromatic N) is 1. The molecule has 1 aromatic rings. The van der Waals surface area contributed by atoms with Gasteiger partial charge < -0.3 is 20.7 Å². The molecule has 4 N–H and O–H groups in total. The van der Waals surface area contributed by atoms with E-state index in [9.17, 15) is 19.2 Å². The number of hydrogen-bond donors (Lipinski definition) is 3. The number of primary amides is 1. The number of carboxylic acid groups (broad SMARTS) is 1. The number of carboxylic acids is 1. The summed E-state index contributed by atoms with van der Waals surface area (Å²) in [6.07, 6.45) is -0.0405. The molecule has 0 saturated carbocycles. The van der Waals surface area contributed by atoms with E-state index in [1.165, 1.54) is 10.6 Å². The van der Waals surface area contributed by atoms with Gasteiger partial charge in [-0.1, -0.05) is 6.07 Å². The minimum Gasteiger partial charge on any atom is -0.480 e. The van der Waals surface area contributed by atoms with Gasteiger partial charge in [0.05, 0.1) is 6.42 Å². The van der Waals surface area contributed by atoms with Crippen molar-refractivity contribution in [2.24, 2.45) is 5.73 Å². The SMILES string of the molecule is Cc1cccc(=O)n1CCCC(=O)NC(CC(N)=O)C(=O)O. The van der Waals surface area contributed by atoms with Crippen LogP contribution in [-0.2, 0) is 20.9 Å². The molecule has 0 spiro atoms. The molecular weight excluding hydrogens is 290 g/mol. The Morgan fingerprint density at radius 2 is 2.05 bits per heavy atom. The summed E-state index contributed by atoms with van der Waals surface area (Å²) in [4.78, 5) is 44.9. The maximum absolute atomic E-state index is 11.7. The predicted molar refractivity (Wildman–Crippen MR) is 78.1 cm³/mol. The maximum Gasteiger partial charge on any atom is 0.326 e. The second-order valence-electron chi connectivity index (χ2n) is 4.89. The molecular formula is C14H19N3O5. The van der Waals surface area contributed by atoms with Crippen molar-refractivity contribution in [3.8, 4) is 0 Å². The third-order valence-electron chi connectivity index (χ3n) is 3.09. The van der Waals surface area contributed by atoms with Crippen molar-refractivity contribution in [2.75, 3.05) is 0 Å². The summed E-state index contributed by atoms with van der Waals surface area (Å²) >= 11 is 0. The molecule has 8 heteroatoms. The minimum atomic E-state index is -1.33. The standard InChI is InChI=1S/C14H19N3O5/c1-9-4-2-6-13(20)17(9)7-3-5-12(19)16-10(14(21)22)8-11(15)18/h2,4,6,10H,3,5,7-8H2,1H3,(H2,15,18)(H,16,19)(H,21,22). The molecule has 120 valence electrons. The third-order valence-corrected chi connectivity index (χ3v) is 3.09. The lowest BCUT2D eigenvalue weighted by atomic mass is 10.2. The van der Waals surface area contributed by atoms with Crippen molar-refractivity contribution in [1.29, 1.82) is 0 Å². The van der Waals surface area contributed by atoms with E-state index in [0.717, 1.165) is 5.69 Å². The van der Waals surface area contributed by atoms with Gasteiger partial charge in [-0.3, -0.25) is 14.4 Å². The first-order valence-electron chi connectivity index (χ1n) is 6.78. The summed E-state index contributed by atoms with van der Waals surface area (Å²) in [6, 6.07) is 3.54. The summed E-state index contributed by atoms with van der Waals surface area (Å²) in [5, 5.41) is 11.1. The second kappa shape index (κ2) is 7.96. The number of carbonyl (C=O) groups is 3. The number of aromatic nitrogens is 1. The lowest BCUT2D eigenvalue weighted by Crippen LogP contribution is -2.43. The highest BCUT2D eigenvalue weighted by molar-refractivity contribution is 5.88. The molecule has 8 nitrogen and oxygen atoms in total. The van der Waals surface area contributed by atoms with Crippen LogP contribution in [0.2, 0.25) is 0 Å². The Morgan fingerprint density at radius 3 is 2.59 bits per heavy atom. The van der Waals surface area contributed by atoms with E-state index in [0.29, 0.717) is 13.0 Å². The van der Waals surface area contributed by atoms with Crippen LogP contribution in [0.3, 0.4) is 0 Å². The van der Waals surface area contributed by atoms with Crippen molar-refractivity contribution in [3.63, 3.8) is 0 Å². The van der Waals surface area contributed by atoms with Crippen molar-refractivity contribution in [2.45, 2.75) is 38.8 Å². The minimum absolute atomic E-state index is 0.0450. The number of aliphatic carboxylic acids is 1. The van der Waals surface area contributed by atoms with Crippen LogP contribution in [0.15, 0.2) is 23.0 Å². The molecule has 0 fully saturated rings. The average molecular weight is 309 g/mol. The number of aryl methyl sites for hydroxylation is 1. The smallest absolute Gasteiger partial charge is 0.326 e. The van der Waals surface area contributed by atoms with Gasteiger partial charge in [-0.15, -0.1) is 0 Å². The molecule has 1 aromatic heterocycles. The highest BCUT2D eigenvalue weighted by Crippen LogP contribution is 2.00. The topological polar surface area (TPSA) is 131 Å². The zero-order valence-corrected chi connectivity index (χ0v) is 12.2. The monoisotopic (exact) mass is 309 g/mol. The van der Waals surface area contributed by atoms with Gasteiger partial charge in [-0.2, -0.15) is 0 Å². The highest BCUT2D eigenvalue weighted by atomic mass is 16.4. The van der Waals surface area contributed by atoms with Crippen LogP contribution in [0.25, 0.3) is 0 Å². The summed E-state index contributed by atoms with van der Waals surface area (Å²) in [7, 11) is 0. The molecule has 0 aliphatic carbocycles. The highest BCUT2D eigenvalue weighted by Gasteiger charge is 2.21. The van der Waals surface area contributed by atoms with Crippen molar-refractivity contribution < 1.29 is 19.5 Å². The van der Waals surface area contributed by atoms with Gasteiger partial charge in [0.1, 0.15) is 6.04 Å². The van der Waals surface area contributed by atoms with Gasteiger partial charge in [-0.25, -0.2) is 4.79 Å². The number of hydrogen-bond acceptors (Lipinski definition) is 4. The fraction of sp³-hybridized carbons (Fsp3) is 0.429. The van der Waals surface area contributed by atoms with Gasteiger partial charge in [0.15, 0.2) is 0 Å². The van der Waals surface area contributed by atoms with Crippen LogP contribution >= 0.6 is 0 Å². The van der Waals surface area contributed by atoms with Crippen molar-refractivity contribution >= 4 is 17.8 Å². The number of nitrogens with two attached hydrogens (primary N) is 1. The largest absolute Gasteiger partial charge is 0.480 e. The second-order valence-corrected chi connectivity index (χ2v) is 4.89. The Hall–Kier alpha value is -2.64. The van der Waals surface area contributed by atoms with Gasteiger partial charge >= 0.3 is 5.97 Å². The van der Waals surface area contributed by atoms with Crippen molar-refractivity contribution in [1.82, 2.24) is 9.88 Å². The molecule has 0 bridgehead atoms. The van der Waals surface area contributed by atoms with E-state index in [1.807, 2.05) is 0 Å². The molecule has 0 saturated heterocycles. The summed E-state index contributed by atoms with van der Waals surface area (Å²) in [5.41, 5.74) is 5.55. The van der Waals surface area contributed by atoms with E-state index >= 15 is 0 Å². The quantitative estimate of drug-likeness (QED) is 0.589. The Bertz CT molecular complexity index is 623. The van der Waals surface area contributed by atoms with Gasteiger partial charge in [0, 0.05) is 24.7 Å². The van der Waals surface area contributed by atoms with Gasteiger partial charge in [0.25, 0.3) is 5.56 Å². The summed E-state index contributed by atoms with van der Waals surface area (Å²) in [6.45, 7) is 2.14. The summed E-state index contributed by atoms with van der Waals surface area (Å²) < 4.78 is 1.53. The van der Waals surface area contributed by atoms with E-state index < -0.39 is 30.2 Å². The predicted octanol–water partition coefficient (Wildman–Crippen LogP) is -0.618. The van der Waals surface area contributed by atoms with Crippen LogP contribution in [-0.4, -0.2) is 33.5 Å². The number of pyridine rings is 1. The Labute approximate surface area is 126 Å². The molecule has 1 unspecified atom stereocenters. The molecule has 1 heterocycles. The third kappa shape index (κ3) is 5.39. The van der Waals surface area contributed by atoms with E-state index in [2.05, 4.69) is 5.32 Å². The molecule has 0 aromatic carbocycles. The molecule has 2 amide bonds. The first-order valence-corrected chi connectivity index (χ1v) is 6.78. The number of carbonyl (C=O) groups excluding carboxylic acids is 2. The Morgan fingerprint density at radius 1 is 1.36 bits per heavy atom. The average Bonchev–Trinajstić information content (AvgIpc) is 2.40.